The Morgan fingerprint density at radius 3 is 0.364 bits per heavy atom. The second-order valence-corrected chi connectivity index (χ2v) is 0. The number of rotatable bonds is 0. The minimum Gasteiger partial charge on any atom is -0.400 e. The van der Waals surface area contributed by atoms with Gasteiger partial charge in [0.15, 0.2) is 0 Å². The van der Waals surface area contributed by atoms with Crippen LogP contribution in [0.1, 0.15) is 0 Å². The van der Waals surface area contributed by atoms with E-state index >= 15 is 0 Å². The number of hydrogen-bond acceptors (Lipinski definition) is 1. The molecule has 0 aromatic rings. The Hall–Kier alpha value is -0.0400. The van der Waals surface area contributed by atoms with Gasteiger partial charge in [-0.25, -0.2) is 0 Å². The average molecular weight is 158 g/mol. The molecule has 1 nitrogen and oxygen atoms in total. The summed E-state index contributed by atoms with van der Waals surface area (Å²) in [4.78, 5) is 0. The van der Waals surface area contributed by atoms with Crippen molar-refractivity contribution >= 4 is 0 Å². The molecule has 0 unspecified atom stereocenters. The Bertz CT molecular complexity index is 4.83. The molecule has 0 aromatic carbocycles. The first kappa shape index (κ1) is 1180. The van der Waals surface area contributed by atoms with Crippen molar-refractivity contribution in [2.24, 2.45) is 0 Å². The van der Waals surface area contributed by atoms with Gasteiger partial charge in [0.25, 0.3) is 0 Å². The Kier molecular flexibility index (Phi) is 53600000. The zero-order chi connectivity index (χ0) is 2.00. The predicted molar refractivity (Wildman–Crippen MR) is 56.4 cm³/mol. The van der Waals surface area contributed by atoms with Gasteiger partial charge >= 0.3 is 0 Å². The van der Waals surface area contributed by atoms with Crippen LogP contribution >= 0.6 is 0 Å². The lowest BCUT2D eigenvalue weighted by Gasteiger charge is -1.21. The molecule has 0 heterocycles. The van der Waals surface area contributed by atoms with Crippen molar-refractivity contribution in [3.63, 3.8) is 0 Å². The highest BCUT2D eigenvalue weighted by atomic mass is 16.2. The second-order valence-electron chi connectivity index (χ2n) is 0. The topological polar surface area (TPSA) is 20.2 Å². The van der Waals surface area contributed by atoms with E-state index in [9.17, 15) is 0 Å². The van der Waals surface area contributed by atoms with Crippen LogP contribution in [0.25, 0.3) is 0 Å². The van der Waals surface area contributed by atoms with Crippen LogP contribution < -0.4 is 0 Å². The van der Waals surface area contributed by atoms with Gasteiger partial charge < -0.3 is 5.11 Å². The molecule has 0 saturated heterocycles. The van der Waals surface area contributed by atoms with Gasteiger partial charge in [-0.15, -0.1) is 0 Å². The zero-order valence-electron chi connectivity index (χ0n) is 7.81. The fourth-order valence-electron chi connectivity index (χ4n) is 0. The van der Waals surface area contributed by atoms with Crippen LogP contribution in [0.4, 0.5) is 0 Å². The highest BCUT2D eigenvalue weighted by Crippen LogP contribution is 0.755. The van der Waals surface area contributed by atoms with Crippen molar-refractivity contribution in [3.8, 4) is 0 Å². The molecule has 0 atom stereocenters. The SMILES string of the molecule is CO.[CH2].[CH2].[CH2].[CH2].[CH2].[CH2].[CH2].[CH2].[CH2]. The fraction of sp³-hybridized carbons (Fsp3) is 0.100. The summed E-state index contributed by atoms with van der Waals surface area (Å²) < 4.78 is 0. The molecule has 0 aromatic heterocycles. The van der Waals surface area contributed by atoms with Gasteiger partial charge in [0, 0.05) is 7.11 Å². The van der Waals surface area contributed by atoms with Crippen molar-refractivity contribution in [3.05, 3.63) is 66.8 Å². The van der Waals surface area contributed by atoms with Crippen LogP contribution in [0.2, 0.25) is 0 Å². The number of hydrogen-bond donors (Lipinski definition) is 1. The second kappa shape index (κ2) is 500000. The third-order valence-electron chi connectivity index (χ3n) is 0. The van der Waals surface area contributed by atoms with Crippen molar-refractivity contribution in [1.29, 1.82) is 0 Å². The van der Waals surface area contributed by atoms with E-state index in [1.165, 1.54) is 0 Å². The minimum absolute atomic E-state index is 0. The zero-order valence-corrected chi connectivity index (χ0v) is 7.81. The molecule has 0 fully saturated rings. The molecular weight excluding hydrogens is 136 g/mol. The maximum atomic E-state index is 7.00. The summed E-state index contributed by atoms with van der Waals surface area (Å²) in [5, 5.41) is 7.00. The molecule has 0 saturated carbocycles. The lowest BCUT2D eigenvalue weighted by Crippen LogP contribution is -1.25. The average Bonchev–Trinajstić information content (AvgIpc) is 1.00. The summed E-state index contributed by atoms with van der Waals surface area (Å²) in [6.07, 6.45) is 0. The number of aliphatic hydroxyl groups excluding tert-OH is 1. The van der Waals surface area contributed by atoms with Gasteiger partial charge in [0.2, 0.25) is 0 Å². The first-order valence-corrected chi connectivity index (χ1v) is 0.447. The van der Waals surface area contributed by atoms with Gasteiger partial charge in [0.05, 0.1) is 0 Å². The first-order valence-electron chi connectivity index (χ1n) is 0.447. The van der Waals surface area contributed by atoms with Crippen molar-refractivity contribution in [2.75, 3.05) is 7.11 Å². The largest absolute Gasteiger partial charge is 0.400 e. The molecule has 0 amide bonds. The quantitative estimate of drug-likeness (QED) is 0.574. The monoisotopic (exact) mass is 158 g/mol. The van der Waals surface area contributed by atoms with E-state index in [1.807, 2.05) is 0 Å². The van der Waals surface area contributed by atoms with Gasteiger partial charge in [-0.3, -0.25) is 0 Å². The third-order valence-corrected chi connectivity index (χ3v) is 0. The summed E-state index contributed by atoms with van der Waals surface area (Å²) in [6.45, 7) is 0. The third kappa shape index (κ3) is 394000. The lowest BCUT2D eigenvalue weighted by atomic mass is 11.8. The highest BCUT2D eigenvalue weighted by Gasteiger charge is 0.839. The molecule has 0 aliphatic carbocycles. The van der Waals surface area contributed by atoms with E-state index in [4.69, 9.17) is 5.11 Å². The molecule has 18 radical (unpaired) electrons. The summed E-state index contributed by atoms with van der Waals surface area (Å²) >= 11 is 0. The summed E-state index contributed by atoms with van der Waals surface area (Å²) in [5.41, 5.74) is 0. The molecule has 0 aliphatic heterocycles. The van der Waals surface area contributed by atoms with E-state index in [-0.39, 0.29) is 66.8 Å². The number of aliphatic hydroxyl groups is 1. The predicted octanol–water partition coefficient (Wildman–Crippen LogP) is 2.55. The molecule has 1 heteroatoms. The van der Waals surface area contributed by atoms with Crippen LogP contribution in [-0.2, 0) is 0 Å². The molecule has 0 rings (SSSR count). The smallest absolute Gasteiger partial charge is 0.0319 e. The van der Waals surface area contributed by atoms with Crippen LogP contribution in [0.15, 0.2) is 0 Å². The first-order chi connectivity index (χ1) is 1.00. The van der Waals surface area contributed by atoms with Crippen molar-refractivity contribution in [2.45, 2.75) is 0 Å². The molecule has 0 spiro atoms. The van der Waals surface area contributed by atoms with Crippen LogP contribution in [0, 0.1) is 66.8 Å². The van der Waals surface area contributed by atoms with E-state index in [0.29, 0.717) is 0 Å². The molecular formula is C10H22O. The van der Waals surface area contributed by atoms with Gasteiger partial charge in [-0.2, -0.15) is 0 Å². The summed E-state index contributed by atoms with van der Waals surface area (Å²) in [6, 6.07) is 0. The van der Waals surface area contributed by atoms with Gasteiger partial charge in [0.1, 0.15) is 0 Å². The Morgan fingerprint density at radius 1 is 0.364 bits per heavy atom. The van der Waals surface area contributed by atoms with E-state index in [2.05, 4.69) is 0 Å². The molecule has 0 bridgehead atoms. The maximum absolute atomic E-state index is 7.00. The van der Waals surface area contributed by atoms with Crippen LogP contribution in [0.5, 0.6) is 0 Å². The van der Waals surface area contributed by atoms with Crippen molar-refractivity contribution in [1.82, 2.24) is 0 Å². The highest BCUT2D eigenvalue weighted by molar-refractivity contribution is 3.25. The minimum atomic E-state index is 0. The standard InChI is InChI=1S/CH4O.9CH2/c1-2;;;;;;;;;/h2H,1H3;9*1H2. The Balaban J connectivity index is -0.000000000139. The maximum Gasteiger partial charge on any atom is 0.0319 e. The lowest BCUT2D eigenvalue weighted by molar-refractivity contribution is 0.399. The van der Waals surface area contributed by atoms with E-state index in [0.717, 1.165) is 7.11 Å². The molecule has 0 aliphatic rings. The van der Waals surface area contributed by atoms with Crippen LogP contribution in [-0.4, -0.2) is 12.2 Å². The van der Waals surface area contributed by atoms with Gasteiger partial charge in [-0.05, 0) is 0 Å². The van der Waals surface area contributed by atoms with Crippen LogP contribution in [0.3, 0.4) is 0 Å². The van der Waals surface area contributed by atoms with Gasteiger partial charge in [-0.1, -0.05) is 66.8 Å². The Morgan fingerprint density at radius 2 is 0.364 bits per heavy atom. The van der Waals surface area contributed by atoms with Crippen molar-refractivity contribution < 1.29 is 5.11 Å². The van der Waals surface area contributed by atoms with E-state index in [1.54, 1.807) is 0 Å². The van der Waals surface area contributed by atoms with E-state index < -0.39 is 0 Å². The molecule has 11 heavy (non-hydrogen) atoms. The normalized spacial score (nSPS) is 0.545. The summed E-state index contributed by atoms with van der Waals surface area (Å²) in [7, 11) is 1.00. The fourth-order valence-corrected chi connectivity index (χ4v) is 0. The molecule has 68 valence electrons. The molecule has 1 N–H and O–H groups in total. The Labute approximate surface area is 79.9 Å². The summed E-state index contributed by atoms with van der Waals surface area (Å²) in [5.74, 6) is 0.